The van der Waals surface area contributed by atoms with Crippen LogP contribution in [-0.4, -0.2) is 35.7 Å². The highest BCUT2D eigenvalue weighted by Gasteiger charge is 2.14. The molecule has 21 heavy (non-hydrogen) atoms. The summed E-state index contributed by atoms with van der Waals surface area (Å²) in [5.41, 5.74) is 0.382. The van der Waals surface area contributed by atoms with Crippen LogP contribution >= 0.6 is 0 Å². The molecule has 2 rings (SSSR count). The Balaban J connectivity index is 2.35. The summed E-state index contributed by atoms with van der Waals surface area (Å²) in [6.07, 6.45) is 0.937. The van der Waals surface area contributed by atoms with Crippen LogP contribution in [0.25, 0.3) is 0 Å². The fourth-order valence-electron chi connectivity index (χ4n) is 1.73. The Bertz CT molecular complexity index is 608. The number of anilines is 3. The maximum Gasteiger partial charge on any atom is 0.322 e. The lowest BCUT2D eigenvalue weighted by Gasteiger charge is -2.18. The standard InChI is InChI=1S/C14H18FN5O/c1-4-9-16-12-17-13(19-14(18-12)21-3)20(2)11-8-6-5-7-10(11)15/h5-8H,4,9H2,1-3H3,(H,16,17,18,19). The molecule has 0 atom stereocenters. The summed E-state index contributed by atoms with van der Waals surface area (Å²) in [6.45, 7) is 2.77. The zero-order valence-electron chi connectivity index (χ0n) is 12.3. The van der Waals surface area contributed by atoms with Crippen molar-refractivity contribution in [2.45, 2.75) is 13.3 Å². The number of methoxy groups -OCH3 is 1. The molecule has 1 aromatic heterocycles. The SMILES string of the molecule is CCCNc1nc(OC)nc(N(C)c2ccccc2F)n1. The van der Waals surface area contributed by atoms with Crippen molar-refractivity contribution < 1.29 is 9.13 Å². The van der Waals surface area contributed by atoms with Crippen LogP contribution in [0.5, 0.6) is 6.01 Å². The zero-order chi connectivity index (χ0) is 15.2. The van der Waals surface area contributed by atoms with Crippen molar-refractivity contribution in [3.8, 4) is 6.01 Å². The smallest absolute Gasteiger partial charge is 0.322 e. The third-order valence-electron chi connectivity index (χ3n) is 2.83. The lowest BCUT2D eigenvalue weighted by Crippen LogP contribution is -2.17. The molecular weight excluding hydrogens is 273 g/mol. The fraction of sp³-hybridized carbons (Fsp3) is 0.357. The third kappa shape index (κ3) is 3.56. The first-order chi connectivity index (χ1) is 10.2. The average molecular weight is 291 g/mol. The second kappa shape index (κ2) is 6.83. The summed E-state index contributed by atoms with van der Waals surface area (Å²) in [5, 5.41) is 3.07. The van der Waals surface area contributed by atoms with Crippen LogP contribution in [0.15, 0.2) is 24.3 Å². The number of nitrogens with zero attached hydrogens (tertiary/aromatic N) is 4. The van der Waals surface area contributed by atoms with Crippen LogP contribution in [-0.2, 0) is 0 Å². The molecule has 1 N–H and O–H groups in total. The molecule has 112 valence electrons. The molecule has 7 heteroatoms. The Kier molecular flexibility index (Phi) is 4.86. The van der Waals surface area contributed by atoms with Crippen molar-refractivity contribution in [2.24, 2.45) is 0 Å². The molecule has 2 aromatic rings. The molecule has 0 radical (unpaired) electrons. The van der Waals surface area contributed by atoms with E-state index in [1.54, 1.807) is 30.1 Å². The Hall–Kier alpha value is -2.44. The van der Waals surface area contributed by atoms with Crippen LogP contribution < -0.4 is 15.0 Å². The van der Waals surface area contributed by atoms with Gasteiger partial charge in [0.2, 0.25) is 11.9 Å². The highest BCUT2D eigenvalue weighted by molar-refractivity contribution is 5.57. The van der Waals surface area contributed by atoms with Crippen LogP contribution in [0, 0.1) is 5.82 Å². The summed E-state index contributed by atoms with van der Waals surface area (Å²) in [4.78, 5) is 14.1. The zero-order valence-corrected chi connectivity index (χ0v) is 12.3. The fourth-order valence-corrected chi connectivity index (χ4v) is 1.73. The van der Waals surface area contributed by atoms with E-state index < -0.39 is 0 Å². The van der Waals surface area contributed by atoms with Gasteiger partial charge in [-0.1, -0.05) is 19.1 Å². The van der Waals surface area contributed by atoms with Crippen LogP contribution in [0.1, 0.15) is 13.3 Å². The van der Waals surface area contributed by atoms with E-state index in [2.05, 4.69) is 20.3 Å². The summed E-state index contributed by atoms with van der Waals surface area (Å²) in [7, 11) is 3.17. The summed E-state index contributed by atoms with van der Waals surface area (Å²) >= 11 is 0. The summed E-state index contributed by atoms with van der Waals surface area (Å²) < 4.78 is 18.9. The van der Waals surface area contributed by atoms with Gasteiger partial charge in [-0.15, -0.1) is 0 Å². The first-order valence-electron chi connectivity index (χ1n) is 6.68. The normalized spacial score (nSPS) is 10.3. The first-order valence-corrected chi connectivity index (χ1v) is 6.68. The minimum absolute atomic E-state index is 0.182. The first kappa shape index (κ1) is 15.0. The maximum atomic E-state index is 13.9. The molecule has 0 saturated carbocycles. The number of para-hydroxylation sites is 1. The van der Waals surface area contributed by atoms with Gasteiger partial charge in [-0.25, -0.2) is 4.39 Å². The van der Waals surface area contributed by atoms with Crippen LogP contribution in [0.4, 0.5) is 22.0 Å². The van der Waals surface area contributed by atoms with Crippen LogP contribution in [0.3, 0.4) is 0 Å². The molecule has 0 saturated heterocycles. The largest absolute Gasteiger partial charge is 0.467 e. The topological polar surface area (TPSA) is 63.2 Å². The monoisotopic (exact) mass is 291 g/mol. The number of hydrogen-bond acceptors (Lipinski definition) is 6. The van der Waals surface area contributed by atoms with Gasteiger partial charge < -0.3 is 15.0 Å². The average Bonchev–Trinajstić information content (AvgIpc) is 2.52. The van der Waals surface area contributed by atoms with Gasteiger partial charge >= 0.3 is 6.01 Å². The van der Waals surface area contributed by atoms with Gasteiger partial charge in [0.1, 0.15) is 5.82 Å². The summed E-state index contributed by atoms with van der Waals surface area (Å²) in [6, 6.07) is 6.62. The van der Waals surface area contributed by atoms with E-state index in [-0.39, 0.29) is 11.8 Å². The highest BCUT2D eigenvalue weighted by Crippen LogP contribution is 2.24. The van der Waals surface area contributed by atoms with E-state index in [1.165, 1.54) is 13.2 Å². The van der Waals surface area contributed by atoms with Crippen molar-refractivity contribution in [3.05, 3.63) is 30.1 Å². The van der Waals surface area contributed by atoms with Crippen molar-refractivity contribution in [1.82, 2.24) is 15.0 Å². The molecule has 1 heterocycles. The maximum absolute atomic E-state index is 13.9. The number of aromatic nitrogens is 3. The summed E-state index contributed by atoms with van der Waals surface area (Å²) in [5.74, 6) is 0.370. The van der Waals surface area contributed by atoms with Gasteiger partial charge in [0.05, 0.1) is 12.8 Å². The Morgan fingerprint density at radius 3 is 2.67 bits per heavy atom. The minimum atomic E-state index is -0.345. The van der Waals surface area contributed by atoms with E-state index in [4.69, 9.17) is 4.74 Å². The second-order valence-electron chi connectivity index (χ2n) is 4.38. The lowest BCUT2D eigenvalue weighted by atomic mass is 10.3. The van der Waals surface area contributed by atoms with Crippen molar-refractivity contribution in [1.29, 1.82) is 0 Å². The quantitative estimate of drug-likeness (QED) is 0.882. The molecule has 0 amide bonds. The van der Waals surface area contributed by atoms with E-state index in [9.17, 15) is 4.39 Å². The van der Waals surface area contributed by atoms with Crippen molar-refractivity contribution >= 4 is 17.6 Å². The molecule has 0 unspecified atom stereocenters. The Morgan fingerprint density at radius 1 is 1.24 bits per heavy atom. The molecule has 0 spiro atoms. The van der Waals surface area contributed by atoms with E-state index >= 15 is 0 Å². The molecule has 0 bridgehead atoms. The van der Waals surface area contributed by atoms with E-state index in [0.717, 1.165) is 13.0 Å². The number of ether oxygens (including phenoxy) is 1. The predicted octanol–water partition coefficient (Wildman–Crippen LogP) is 2.61. The lowest BCUT2D eigenvalue weighted by molar-refractivity contribution is 0.379. The highest BCUT2D eigenvalue weighted by atomic mass is 19.1. The van der Waals surface area contributed by atoms with Gasteiger partial charge in [0.25, 0.3) is 0 Å². The van der Waals surface area contributed by atoms with E-state index in [0.29, 0.717) is 17.6 Å². The Morgan fingerprint density at radius 2 is 2.00 bits per heavy atom. The number of rotatable bonds is 6. The minimum Gasteiger partial charge on any atom is -0.467 e. The Labute approximate surface area is 123 Å². The number of hydrogen-bond donors (Lipinski definition) is 1. The molecule has 0 aliphatic carbocycles. The molecule has 6 nitrogen and oxygen atoms in total. The van der Waals surface area contributed by atoms with Gasteiger partial charge in [-0.05, 0) is 18.6 Å². The van der Waals surface area contributed by atoms with Crippen LogP contribution in [0.2, 0.25) is 0 Å². The predicted molar refractivity (Wildman–Crippen MR) is 79.6 cm³/mol. The van der Waals surface area contributed by atoms with Gasteiger partial charge in [0, 0.05) is 13.6 Å². The molecule has 0 fully saturated rings. The van der Waals surface area contributed by atoms with E-state index in [1.807, 2.05) is 6.92 Å². The third-order valence-corrected chi connectivity index (χ3v) is 2.83. The second-order valence-corrected chi connectivity index (χ2v) is 4.38. The van der Waals surface area contributed by atoms with Gasteiger partial charge in [-0.2, -0.15) is 15.0 Å². The molecular formula is C14H18FN5O. The number of halogens is 1. The number of nitrogens with one attached hydrogen (secondary N) is 1. The number of benzene rings is 1. The molecule has 0 aliphatic heterocycles. The van der Waals surface area contributed by atoms with Crippen molar-refractivity contribution in [3.63, 3.8) is 0 Å². The molecule has 1 aromatic carbocycles. The van der Waals surface area contributed by atoms with Gasteiger partial charge in [-0.3, -0.25) is 0 Å². The van der Waals surface area contributed by atoms with Crippen molar-refractivity contribution in [2.75, 3.05) is 30.9 Å². The van der Waals surface area contributed by atoms with Gasteiger partial charge in [0.15, 0.2) is 0 Å². The molecule has 0 aliphatic rings.